The molecule has 0 aliphatic carbocycles. The molecule has 29 heavy (non-hydrogen) atoms. The minimum absolute atomic E-state index is 0.0203. The van der Waals surface area contributed by atoms with Crippen molar-refractivity contribution < 1.29 is 22.7 Å². The summed E-state index contributed by atoms with van der Waals surface area (Å²) in [5.41, 5.74) is 0.429. The molecule has 158 valence electrons. The Morgan fingerprint density at radius 3 is 2.28 bits per heavy atom. The van der Waals surface area contributed by atoms with Gasteiger partial charge in [0.05, 0.1) is 35.2 Å². The first-order valence-corrected chi connectivity index (χ1v) is 11.0. The smallest absolute Gasteiger partial charge is 0.243 e. The molecule has 0 unspecified atom stereocenters. The number of methoxy groups -OCH3 is 1. The van der Waals surface area contributed by atoms with Crippen LogP contribution in [0.15, 0.2) is 41.3 Å². The lowest BCUT2D eigenvalue weighted by molar-refractivity contribution is -0.116. The monoisotopic (exact) mass is 460 g/mol. The maximum atomic E-state index is 12.9. The SMILES string of the molecule is CCOc1ccc(S(=O)(=O)N(CC)CC(=O)Nc2ccc(OC)c(Cl)c2)cc1Cl. The lowest BCUT2D eigenvalue weighted by Crippen LogP contribution is -2.37. The molecule has 0 aromatic heterocycles. The second-order valence-electron chi connectivity index (χ2n) is 5.85. The van der Waals surface area contributed by atoms with Crippen LogP contribution in [-0.2, 0) is 14.8 Å². The van der Waals surface area contributed by atoms with E-state index < -0.39 is 15.9 Å². The highest BCUT2D eigenvalue weighted by atomic mass is 35.5. The quantitative estimate of drug-likeness (QED) is 0.609. The largest absolute Gasteiger partial charge is 0.495 e. The minimum atomic E-state index is -3.93. The molecule has 0 aliphatic heterocycles. The number of benzene rings is 2. The highest BCUT2D eigenvalue weighted by Crippen LogP contribution is 2.29. The summed E-state index contributed by atoms with van der Waals surface area (Å²) >= 11 is 12.1. The summed E-state index contributed by atoms with van der Waals surface area (Å²) in [6.45, 7) is 3.58. The number of sulfonamides is 1. The van der Waals surface area contributed by atoms with Crippen LogP contribution in [-0.4, -0.2) is 45.4 Å². The predicted octanol–water partition coefficient (Wildman–Crippen LogP) is 4.05. The van der Waals surface area contributed by atoms with Crippen molar-refractivity contribution in [1.29, 1.82) is 0 Å². The average molecular weight is 461 g/mol. The van der Waals surface area contributed by atoms with Gasteiger partial charge < -0.3 is 14.8 Å². The van der Waals surface area contributed by atoms with Crippen molar-refractivity contribution in [3.63, 3.8) is 0 Å². The van der Waals surface area contributed by atoms with E-state index in [0.29, 0.717) is 28.8 Å². The molecule has 2 rings (SSSR count). The number of nitrogens with zero attached hydrogens (tertiary/aromatic N) is 1. The summed E-state index contributed by atoms with van der Waals surface area (Å²) < 4.78 is 37.3. The molecule has 10 heteroatoms. The maximum absolute atomic E-state index is 12.9. The topological polar surface area (TPSA) is 84.9 Å². The molecule has 0 bridgehead atoms. The van der Waals surface area contributed by atoms with Crippen molar-refractivity contribution in [2.75, 3.05) is 32.1 Å². The van der Waals surface area contributed by atoms with Gasteiger partial charge in [-0.2, -0.15) is 4.31 Å². The van der Waals surface area contributed by atoms with E-state index in [1.807, 2.05) is 0 Å². The summed E-state index contributed by atoms with van der Waals surface area (Å²) in [6, 6.07) is 8.94. The number of hydrogen-bond acceptors (Lipinski definition) is 5. The fourth-order valence-electron chi connectivity index (χ4n) is 2.54. The Bertz CT molecular complexity index is 983. The Morgan fingerprint density at radius 1 is 1.07 bits per heavy atom. The van der Waals surface area contributed by atoms with E-state index >= 15 is 0 Å². The van der Waals surface area contributed by atoms with Crippen LogP contribution in [0.1, 0.15) is 13.8 Å². The zero-order valence-electron chi connectivity index (χ0n) is 16.2. The van der Waals surface area contributed by atoms with Gasteiger partial charge in [-0.3, -0.25) is 4.79 Å². The van der Waals surface area contributed by atoms with Crippen LogP contribution in [0.2, 0.25) is 10.0 Å². The van der Waals surface area contributed by atoms with Gasteiger partial charge in [0, 0.05) is 12.2 Å². The number of nitrogens with one attached hydrogen (secondary N) is 1. The first-order chi connectivity index (χ1) is 13.7. The minimum Gasteiger partial charge on any atom is -0.495 e. The third-order valence-electron chi connectivity index (χ3n) is 3.95. The van der Waals surface area contributed by atoms with Crippen LogP contribution in [0.4, 0.5) is 5.69 Å². The van der Waals surface area contributed by atoms with Crippen molar-refractivity contribution in [2.45, 2.75) is 18.7 Å². The normalized spacial score (nSPS) is 11.4. The third kappa shape index (κ3) is 5.76. The Balaban J connectivity index is 2.16. The predicted molar refractivity (Wildman–Crippen MR) is 114 cm³/mol. The van der Waals surface area contributed by atoms with Crippen molar-refractivity contribution in [1.82, 2.24) is 4.31 Å². The fourth-order valence-corrected chi connectivity index (χ4v) is 4.52. The molecule has 1 N–H and O–H groups in total. The van der Waals surface area contributed by atoms with E-state index in [1.165, 1.54) is 31.4 Å². The van der Waals surface area contributed by atoms with E-state index in [2.05, 4.69) is 5.32 Å². The van der Waals surface area contributed by atoms with Gasteiger partial charge in [-0.15, -0.1) is 0 Å². The van der Waals surface area contributed by atoms with Gasteiger partial charge in [0.25, 0.3) is 0 Å². The molecular formula is C19H22Cl2N2O5S. The number of likely N-dealkylation sites (N-methyl/N-ethyl adjacent to an activating group) is 1. The average Bonchev–Trinajstić information content (AvgIpc) is 2.67. The second kappa shape index (κ2) is 10.2. The zero-order valence-corrected chi connectivity index (χ0v) is 18.6. The molecule has 0 saturated carbocycles. The molecule has 2 aromatic carbocycles. The molecule has 0 saturated heterocycles. The third-order valence-corrected chi connectivity index (χ3v) is 6.46. The number of ether oxygens (including phenoxy) is 2. The first-order valence-electron chi connectivity index (χ1n) is 8.78. The van der Waals surface area contributed by atoms with Gasteiger partial charge in [-0.1, -0.05) is 30.1 Å². The van der Waals surface area contributed by atoms with E-state index in [0.717, 1.165) is 4.31 Å². The summed E-state index contributed by atoms with van der Waals surface area (Å²) in [4.78, 5) is 12.4. The number of anilines is 1. The van der Waals surface area contributed by atoms with Gasteiger partial charge >= 0.3 is 0 Å². The molecule has 0 radical (unpaired) electrons. The standard InChI is InChI=1S/C19H22Cl2N2O5S/c1-4-23(12-19(24)22-13-6-8-17(27-3)15(20)10-13)29(25,26)14-7-9-18(28-5-2)16(21)11-14/h6-11H,4-5,12H2,1-3H3,(H,22,24). The van der Waals surface area contributed by atoms with Crippen LogP contribution in [0, 0.1) is 0 Å². The number of hydrogen-bond donors (Lipinski definition) is 1. The lowest BCUT2D eigenvalue weighted by atomic mass is 10.3. The zero-order chi connectivity index (χ0) is 21.6. The number of halogens is 2. The van der Waals surface area contributed by atoms with Gasteiger partial charge in [0.15, 0.2) is 0 Å². The molecular weight excluding hydrogens is 439 g/mol. The first kappa shape index (κ1) is 23.3. The van der Waals surface area contributed by atoms with Crippen LogP contribution in [0.5, 0.6) is 11.5 Å². The van der Waals surface area contributed by atoms with E-state index in [-0.39, 0.29) is 23.0 Å². The number of carbonyl (C=O) groups is 1. The Morgan fingerprint density at radius 2 is 1.72 bits per heavy atom. The maximum Gasteiger partial charge on any atom is 0.243 e. The summed E-state index contributed by atoms with van der Waals surface area (Å²) in [6.07, 6.45) is 0. The van der Waals surface area contributed by atoms with Crippen molar-refractivity contribution >= 4 is 44.8 Å². The molecule has 7 nitrogen and oxygen atoms in total. The van der Waals surface area contributed by atoms with Gasteiger partial charge in [0.2, 0.25) is 15.9 Å². The Labute approximate surface area is 180 Å². The Kier molecular flexibility index (Phi) is 8.15. The fraction of sp³-hybridized carbons (Fsp3) is 0.316. The molecule has 0 aliphatic rings. The molecule has 0 fully saturated rings. The van der Waals surface area contributed by atoms with Crippen molar-refractivity contribution in [3.05, 3.63) is 46.4 Å². The van der Waals surface area contributed by atoms with E-state index in [1.54, 1.807) is 26.0 Å². The molecule has 0 spiro atoms. The van der Waals surface area contributed by atoms with Crippen LogP contribution < -0.4 is 14.8 Å². The van der Waals surface area contributed by atoms with Gasteiger partial charge in [-0.05, 0) is 43.3 Å². The highest BCUT2D eigenvalue weighted by Gasteiger charge is 2.26. The number of amides is 1. The highest BCUT2D eigenvalue weighted by molar-refractivity contribution is 7.89. The van der Waals surface area contributed by atoms with Crippen LogP contribution in [0.25, 0.3) is 0 Å². The summed E-state index contributed by atoms with van der Waals surface area (Å²) in [7, 11) is -2.44. The molecule has 0 atom stereocenters. The number of carbonyl (C=O) groups excluding carboxylic acids is 1. The van der Waals surface area contributed by atoms with Gasteiger partial charge in [0.1, 0.15) is 11.5 Å². The molecule has 1 amide bonds. The molecule has 2 aromatic rings. The van der Waals surface area contributed by atoms with Crippen molar-refractivity contribution in [3.8, 4) is 11.5 Å². The number of rotatable bonds is 9. The van der Waals surface area contributed by atoms with Crippen LogP contribution in [0.3, 0.4) is 0 Å². The summed E-state index contributed by atoms with van der Waals surface area (Å²) in [5, 5.41) is 3.14. The van der Waals surface area contributed by atoms with Crippen molar-refractivity contribution in [2.24, 2.45) is 0 Å². The Hall–Kier alpha value is -2.00. The van der Waals surface area contributed by atoms with E-state index in [9.17, 15) is 13.2 Å². The van der Waals surface area contributed by atoms with Crippen LogP contribution >= 0.6 is 23.2 Å². The van der Waals surface area contributed by atoms with E-state index in [4.69, 9.17) is 32.7 Å². The van der Waals surface area contributed by atoms with Gasteiger partial charge in [-0.25, -0.2) is 8.42 Å². The lowest BCUT2D eigenvalue weighted by Gasteiger charge is -2.20. The second-order valence-corrected chi connectivity index (χ2v) is 8.61. The summed E-state index contributed by atoms with van der Waals surface area (Å²) in [5.74, 6) is 0.355. The molecule has 0 heterocycles.